The first-order valence-corrected chi connectivity index (χ1v) is 10.6. The van der Waals surface area contributed by atoms with Crippen molar-refractivity contribution in [2.45, 2.75) is 20.8 Å². The smallest absolute Gasteiger partial charge is 0.339 e. The van der Waals surface area contributed by atoms with Gasteiger partial charge >= 0.3 is 5.97 Å². The largest absolute Gasteiger partial charge is 0.497 e. The van der Waals surface area contributed by atoms with Gasteiger partial charge in [0.25, 0.3) is 5.91 Å². The molecule has 0 saturated carbocycles. The standard InChI is InChI=1S/C24H28N4O4/c1-5-27(6-2)28(7-3)23(29)16-8-11-18(12-9-16)25-22-20(24(30)31)14-17-10-13-19(32-4)15-21(17)26-22/h8-15H,5-7H2,1-4H3,(H,25,26)(H,30,31). The molecule has 0 aliphatic heterocycles. The van der Waals surface area contributed by atoms with Crippen LogP contribution in [0.5, 0.6) is 5.75 Å². The molecule has 2 N–H and O–H groups in total. The zero-order valence-corrected chi connectivity index (χ0v) is 18.8. The lowest BCUT2D eigenvalue weighted by molar-refractivity contribution is -0.00114. The van der Waals surface area contributed by atoms with Gasteiger partial charge in [0.1, 0.15) is 17.1 Å². The van der Waals surface area contributed by atoms with Gasteiger partial charge in [-0.25, -0.2) is 14.8 Å². The molecule has 0 saturated heterocycles. The number of carboxylic acid groups (broad SMARTS) is 1. The molecule has 3 aromatic rings. The number of methoxy groups -OCH3 is 1. The predicted molar refractivity (Wildman–Crippen MR) is 125 cm³/mol. The van der Waals surface area contributed by atoms with E-state index in [-0.39, 0.29) is 17.3 Å². The highest BCUT2D eigenvalue weighted by Crippen LogP contribution is 2.27. The number of hydrogen-bond donors (Lipinski definition) is 2. The number of aromatic nitrogens is 1. The summed E-state index contributed by atoms with van der Waals surface area (Å²) >= 11 is 0. The number of rotatable bonds is 9. The summed E-state index contributed by atoms with van der Waals surface area (Å²) in [5, 5.41) is 17.1. The number of benzene rings is 2. The summed E-state index contributed by atoms with van der Waals surface area (Å²) in [6, 6.07) is 13.8. The molecule has 8 nitrogen and oxygen atoms in total. The van der Waals surface area contributed by atoms with Gasteiger partial charge in [0.2, 0.25) is 0 Å². The second-order valence-corrected chi connectivity index (χ2v) is 7.11. The third-order valence-corrected chi connectivity index (χ3v) is 5.26. The second kappa shape index (κ2) is 10.1. The zero-order valence-electron chi connectivity index (χ0n) is 18.8. The maximum absolute atomic E-state index is 12.9. The number of nitrogens with one attached hydrogen (secondary N) is 1. The third-order valence-electron chi connectivity index (χ3n) is 5.26. The van der Waals surface area contributed by atoms with E-state index >= 15 is 0 Å². The number of anilines is 2. The van der Waals surface area contributed by atoms with Crippen LogP contribution in [-0.4, -0.2) is 58.7 Å². The van der Waals surface area contributed by atoms with Gasteiger partial charge in [-0.1, -0.05) is 13.8 Å². The Morgan fingerprint density at radius 1 is 1.00 bits per heavy atom. The fraction of sp³-hybridized carbons (Fsp3) is 0.292. The third kappa shape index (κ3) is 4.81. The van der Waals surface area contributed by atoms with Crippen molar-refractivity contribution in [1.29, 1.82) is 0 Å². The number of ether oxygens (including phenoxy) is 1. The summed E-state index contributed by atoms with van der Waals surface area (Å²) in [7, 11) is 1.56. The van der Waals surface area contributed by atoms with Gasteiger partial charge in [-0.2, -0.15) is 0 Å². The Morgan fingerprint density at radius 3 is 2.25 bits per heavy atom. The zero-order chi connectivity index (χ0) is 23.3. The van der Waals surface area contributed by atoms with Crippen molar-refractivity contribution in [2.24, 2.45) is 0 Å². The number of aromatic carboxylic acids is 1. The average Bonchev–Trinajstić information content (AvgIpc) is 2.81. The SMILES string of the molecule is CCN(CC)N(CC)C(=O)c1ccc(Nc2nc3cc(OC)ccc3cc2C(=O)O)cc1. The average molecular weight is 437 g/mol. The summed E-state index contributed by atoms with van der Waals surface area (Å²) in [5.41, 5.74) is 1.85. The van der Waals surface area contributed by atoms with E-state index < -0.39 is 5.97 Å². The Morgan fingerprint density at radius 2 is 1.69 bits per heavy atom. The molecule has 0 fully saturated rings. The van der Waals surface area contributed by atoms with E-state index in [0.717, 1.165) is 13.1 Å². The summed E-state index contributed by atoms with van der Waals surface area (Å²) in [6.45, 7) is 8.03. The summed E-state index contributed by atoms with van der Waals surface area (Å²) in [5.74, 6) is -0.307. The van der Waals surface area contributed by atoms with Crippen molar-refractivity contribution in [1.82, 2.24) is 15.0 Å². The lowest BCUT2D eigenvalue weighted by Gasteiger charge is -2.32. The number of carbonyl (C=O) groups is 2. The van der Waals surface area contributed by atoms with E-state index in [1.54, 1.807) is 60.6 Å². The number of carboxylic acids is 1. The van der Waals surface area contributed by atoms with Gasteiger partial charge < -0.3 is 15.2 Å². The predicted octanol–water partition coefficient (Wildman–Crippen LogP) is 4.40. The van der Waals surface area contributed by atoms with Crippen molar-refractivity contribution >= 4 is 34.3 Å². The Bertz CT molecular complexity index is 1110. The van der Waals surface area contributed by atoms with Crippen molar-refractivity contribution < 1.29 is 19.4 Å². The number of nitrogens with zero attached hydrogens (tertiary/aromatic N) is 3. The van der Waals surface area contributed by atoms with Crippen LogP contribution in [0.2, 0.25) is 0 Å². The van der Waals surface area contributed by atoms with E-state index in [1.165, 1.54) is 0 Å². The van der Waals surface area contributed by atoms with Crippen LogP contribution in [0.25, 0.3) is 10.9 Å². The molecule has 168 valence electrons. The van der Waals surface area contributed by atoms with Gasteiger partial charge in [0.15, 0.2) is 0 Å². The number of amides is 1. The van der Waals surface area contributed by atoms with Crippen LogP contribution < -0.4 is 10.1 Å². The first kappa shape index (κ1) is 23.0. The molecule has 32 heavy (non-hydrogen) atoms. The minimum atomic E-state index is -1.08. The Labute approximate surface area is 187 Å². The fourth-order valence-electron chi connectivity index (χ4n) is 3.55. The highest BCUT2D eigenvalue weighted by atomic mass is 16.5. The Hall–Kier alpha value is -3.65. The Kier molecular flexibility index (Phi) is 7.27. The van der Waals surface area contributed by atoms with Crippen molar-refractivity contribution in [3.8, 4) is 5.75 Å². The van der Waals surface area contributed by atoms with Gasteiger partial charge in [-0.15, -0.1) is 0 Å². The first-order chi connectivity index (χ1) is 15.4. The maximum Gasteiger partial charge on any atom is 0.339 e. The van der Waals surface area contributed by atoms with Crippen molar-refractivity contribution in [3.63, 3.8) is 0 Å². The van der Waals surface area contributed by atoms with Gasteiger partial charge in [0.05, 0.1) is 12.6 Å². The molecule has 0 atom stereocenters. The molecule has 0 aliphatic rings. The van der Waals surface area contributed by atoms with Gasteiger partial charge in [-0.05, 0) is 49.4 Å². The lowest BCUT2D eigenvalue weighted by atomic mass is 10.1. The van der Waals surface area contributed by atoms with Crippen LogP contribution in [0.15, 0.2) is 48.5 Å². The molecular weight excluding hydrogens is 408 g/mol. The minimum Gasteiger partial charge on any atom is -0.497 e. The summed E-state index contributed by atoms with van der Waals surface area (Å²) in [4.78, 5) is 29.2. The van der Waals surface area contributed by atoms with Crippen LogP contribution >= 0.6 is 0 Å². The highest BCUT2D eigenvalue weighted by Gasteiger charge is 2.19. The number of hydrogen-bond acceptors (Lipinski definition) is 6. The first-order valence-electron chi connectivity index (χ1n) is 10.6. The van der Waals surface area contributed by atoms with E-state index in [2.05, 4.69) is 10.3 Å². The second-order valence-electron chi connectivity index (χ2n) is 7.11. The van der Waals surface area contributed by atoms with Gasteiger partial charge in [-0.3, -0.25) is 9.80 Å². The highest BCUT2D eigenvalue weighted by molar-refractivity contribution is 5.99. The summed E-state index contributed by atoms with van der Waals surface area (Å²) < 4.78 is 5.24. The molecule has 3 rings (SSSR count). The molecule has 0 bridgehead atoms. The maximum atomic E-state index is 12.9. The molecule has 0 aliphatic carbocycles. The lowest BCUT2D eigenvalue weighted by Crippen LogP contribution is -2.46. The molecule has 8 heteroatoms. The number of hydrazine groups is 1. The topological polar surface area (TPSA) is 95.0 Å². The normalized spacial score (nSPS) is 10.9. The number of pyridine rings is 1. The van der Waals surface area contributed by atoms with Crippen molar-refractivity contribution in [3.05, 3.63) is 59.7 Å². The van der Waals surface area contributed by atoms with E-state index in [9.17, 15) is 14.7 Å². The van der Waals surface area contributed by atoms with Gasteiger partial charge in [0, 0.05) is 42.3 Å². The molecular formula is C24H28N4O4. The van der Waals surface area contributed by atoms with Crippen molar-refractivity contribution in [2.75, 3.05) is 32.1 Å². The van der Waals surface area contributed by atoms with Crippen LogP contribution in [-0.2, 0) is 0 Å². The molecule has 0 unspecified atom stereocenters. The summed E-state index contributed by atoms with van der Waals surface area (Å²) in [6.07, 6.45) is 0. The molecule has 2 aromatic carbocycles. The number of carbonyl (C=O) groups excluding carboxylic acids is 1. The quantitative estimate of drug-likeness (QED) is 0.480. The van der Waals surface area contributed by atoms with E-state index in [0.29, 0.717) is 34.4 Å². The molecule has 1 heterocycles. The Balaban J connectivity index is 1.89. The monoisotopic (exact) mass is 436 g/mol. The minimum absolute atomic E-state index is 0.0570. The molecule has 0 radical (unpaired) electrons. The van der Waals surface area contributed by atoms with Crippen LogP contribution in [0.1, 0.15) is 41.5 Å². The van der Waals surface area contributed by atoms with Crippen LogP contribution in [0, 0.1) is 0 Å². The fourth-order valence-corrected chi connectivity index (χ4v) is 3.55. The van der Waals surface area contributed by atoms with E-state index in [4.69, 9.17) is 4.74 Å². The van der Waals surface area contributed by atoms with E-state index in [1.807, 2.05) is 25.8 Å². The molecule has 1 aromatic heterocycles. The van der Waals surface area contributed by atoms with Crippen LogP contribution in [0.3, 0.4) is 0 Å². The molecule has 1 amide bonds. The number of fused-ring (bicyclic) bond motifs is 1. The molecule has 0 spiro atoms. The van der Waals surface area contributed by atoms with Crippen LogP contribution in [0.4, 0.5) is 11.5 Å².